The summed E-state index contributed by atoms with van der Waals surface area (Å²) in [5, 5.41) is 3.11. The summed E-state index contributed by atoms with van der Waals surface area (Å²) in [7, 11) is 1.79. The second kappa shape index (κ2) is 9.74. The number of rotatable bonds is 7. The number of ether oxygens (including phenoxy) is 1. The Balaban J connectivity index is 0.00000264. The molecule has 5 heteroatoms. The SMILES string of the molecule is Cc1ccccc1OCCN(C)C(=O)CNc1ccccc1.Cl. The smallest absolute Gasteiger partial charge is 0.241 e. The molecule has 0 aliphatic carbocycles. The van der Waals surface area contributed by atoms with E-state index in [0.717, 1.165) is 17.0 Å². The predicted molar refractivity (Wildman–Crippen MR) is 96.5 cm³/mol. The van der Waals surface area contributed by atoms with Gasteiger partial charge >= 0.3 is 0 Å². The molecule has 0 saturated carbocycles. The van der Waals surface area contributed by atoms with Gasteiger partial charge in [-0.3, -0.25) is 4.79 Å². The number of carbonyl (C=O) groups excluding carboxylic acids is 1. The summed E-state index contributed by atoms with van der Waals surface area (Å²) in [6.45, 7) is 3.33. The lowest BCUT2D eigenvalue weighted by Gasteiger charge is -2.18. The van der Waals surface area contributed by atoms with Crippen molar-refractivity contribution >= 4 is 24.0 Å². The van der Waals surface area contributed by atoms with Crippen LogP contribution in [0.15, 0.2) is 54.6 Å². The first-order chi connectivity index (χ1) is 10.7. The van der Waals surface area contributed by atoms with Gasteiger partial charge in [-0.15, -0.1) is 12.4 Å². The van der Waals surface area contributed by atoms with Crippen molar-refractivity contribution in [1.82, 2.24) is 4.90 Å². The van der Waals surface area contributed by atoms with Crippen LogP contribution in [0.2, 0.25) is 0 Å². The van der Waals surface area contributed by atoms with Crippen LogP contribution in [-0.2, 0) is 4.79 Å². The maximum atomic E-state index is 12.0. The van der Waals surface area contributed by atoms with E-state index in [0.29, 0.717) is 13.2 Å². The highest BCUT2D eigenvalue weighted by molar-refractivity contribution is 5.85. The standard InChI is InChI=1S/C18H22N2O2.ClH/c1-15-8-6-7-11-17(15)22-13-12-20(2)18(21)14-19-16-9-4-3-5-10-16;/h3-11,19H,12-14H2,1-2H3;1H. The molecule has 0 heterocycles. The van der Waals surface area contributed by atoms with E-state index in [1.165, 1.54) is 0 Å². The van der Waals surface area contributed by atoms with Crippen LogP contribution in [0.1, 0.15) is 5.56 Å². The first-order valence-electron chi connectivity index (χ1n) is 7.38. The van der Waals surface area contributed by atoms with Gasteiger partial charge in [0.15, 0.2) is 0 Å². The summed E-state index contributed by atoms with van der Waals surface area (Å²) in [5.74, 6) is 0.906. The minimum absolute atomic E-state index is 0. The molecule has 0 spiro atoms. The fraction of sp³-hybridized carbons (Fsp3) is 0.278. The van der Waals surface area contributed by atoms with Crippen molar-refractivity contribution in [2.24, 2.45) is 0 Å². The Morgan fingerprint density at radius 1 is 1.09 bits per heavy atom. The lowest BCUT2D eigenvalue weighted by Crippen LogP contribution is -2.35. The number of halogens is 1. The highest BCUT2D eigenvalue weighted by Gasteiger charge is 2.08. The van der Waals surface area contributed by atoms with Gasteiger partial charge in [-0.1, -0.05) is 36.4 Å². The number of nitrogens with zero attached hydrogens (tertiary/aromatic N) is 1. The van der Waals surface area contributed by atoms with Crippen LogP contribution < -0.4 is 10.1 Å². The van der Waals surface area contributed by atoms with E-state index in [4.69, 9.17) is 4.74 Å². The fourth-order valence-electron chi connectivity index (χ4n) is 2.00. The average molecular weight is 335 g/mol. The quantitative estimate of drug-likeness (QED) is 0.844. The molecule has 2 rings (SSSR count). The minimum atomic E-state index is 0. The molecule has 0 unspecified atom stereocenters. The van der Waals surface area contributed by atoms with Crippen LogP contribution in [0.4, 0.5) is 5.69 Å². The average Bonchev–Trinajstić information content (AvgIpc) is 2.55. The van der Waals surface area contributed by atoms with E-state index < -0.39 is 0 Å². The Morgan fingerprint density at radius 2 is 1.74 bits per heavy atom. The number of amides is 1. The third kappa shape index (κ3) is 6.20. The molecule has 1 N–H and O–H groups in total. The molecular formula is C18H23ClN2O2. The zero-order valence-corrected chi connectivity index (χ0v) is 14.3. The Bertz CT molecular complexity index is 605. The van der Waals surface area contributed by atoms with Gasteiger partial charge in [0, 0.05) is 12.7 Å². The van der Waals surface area contributed by atoms with Gasteiger partial charge in [0.05, 0.1) is 13.1 Å². The van der Waals surface area contributed by atoms with Crippen molar-refractivity contribution in [2.75, 3.05) is 32.1 Å². The highest BCUT2D eigenvalue weighted by Crippen LogP contribution is 2.15. The number of hydrogen-bond acceptors (Lipinski definition) is 3. The molecule has 0 atom stereocenters. The first-order valence-corrected chi connectivity index (χ1v) is 7.38. The lowest BCUT2D eigenvalue weighted by molar-refractivity contribution is -0.128. The van der Waals surface area contributed by atoms with E-state index in [9.17, 15) is 4.79 Å². The molecule has 2 aromatic rings. The van der Waals surface area contributed by atoms with Gasteiger partial charge < -0.3 is 15.0 Å². The Labute approximate surface area is 143 Å². The van der Waals surface area contributed by atoms with Crippen molar-refractivity contribution in [3.8, 4) is 5.75 Å². The van der Waals surface area contributed by atoms with Crippen LogP contribution in [0.5, 0.6) is 5.75 Å². The molecule has 124 valence electrons. The van der Waals surface area contributed by atoms with Gasteiger partial charge in [-0.05, 0) is 30.7 Å². The molecule has 0 aromatic heterocycles. The van der Waals surface area contributed by atoms with Gasteiger partial charge in [-0.25, -0.2) is 0 Å². The molecule has 0 aliphatic heterocycles. The molecular weight excluding hydrogens is 312 g/mol. The van der Waals surface area contributed by atoms with E-state index in [2.05, 4.69) is 5.32 Å². The number of hydrogen-bond donors (Lipinski definition) is 1. The van der Waals surface area contributed by atoms with Crippen LogP contribution in [0.3, 0.4) is 0 Å². The van der Waals surface area contributed by atoms with Crippen molar-refractivity contribution in [2.45, 2.75) is 6.92 Å². The number of aryl methyl sites for hydroxylation is 1. The van der Waals surface area contributed by atoms with Crippen LogP contribution in [0, 0.1) is 6.92 Å². The van der Waals surface area contributed by atoms with Gasteiger partial charge in [0.25, 0.3) is 0 Å². The van der Waals surface area contributed by atoms with Crippen LogP contribution >= 0.6 is 12.4 Å². The highest BCUT2D eigenvalue weighted by atomic mass is 35.5. The summed E-state index contributed by atoms with van der Waals surface area (Å²) in [6, 6.07) is 17.6. The van der Waals surface area contributed by atoms with Gasteiger partial charge in [0.1, 0.15) is 12.4 Å². The van der Waals surface area contributed by atoms with Gasteiger partial charge in [0.2, 0.25) is 5.91 Å². The topological polar surface area (TPSA) is 41.6 Å². The molecule has 0 fully saturated rings. The Hall–Kier alpha value is -2.20. The maximum absolute atomic E-state index is 12.0. The van der Waals surface area contributed by atoms with Crippen molar-refractivity contribution in [3.05, 3.63) is 60.2 Å². The normalized spacial score (nSPS) is 9.65. The summed E-state index contributed by atoms with van der Waals surface area (Å²) >= 11 is 0. The summed E-state index contributed by atoms with van der Waals surface area (Å²) in [4.78, 5) is 13.7. The number of likely N-dealkylation sites (N-methyl/N-ethyl adjacent to an activating group) is 1. The third-order valence-electron chi connectivity index (χ3n) is 3.42. The summed E-state index contributed by atoms with van der Waals surface area (Å²) in [6.07, 6.45) is 0. The molecule has 0 radical (unpaired) electrons. The largest absolute Gasteiger partial charge is 0.491 e. The van der Waals surface area contributed by atoms with Gasteiger partial charge in [-0.2, -0.15) is 0 Å². The second-order valence-electron chi connectivity index (χ2n) is 5.15. The van der Waals surface area contributed by atoms with Crippen molar-refractivity contribution < 1.29 is 9.53 Å². The minimum Gasteiger partial charge on any atom is -0.491 e. The van der Waals surface area contributed by atoms with Crippen molar-refractivity contribution in [1.29, 1.82) is 0 Å². The molecule has 0 aliphatic rings. The van der Waals surface area contributed by atoms with E-state index in [1.54, 1.807) is 11.9 Å². The lowest BCUT2D eigenvalue weighted by atomic mass is 10.2. The number of para-hydroxylation sites is 2. The third-order valence-corrected chi connectivity index (χ3v) is 3.42. The zero-order valence-electron chi connectivity index (χ0n) is 13.5. The Kier molecular flexibility index (Phi) is 7.98. The van der Waals surface area contributed by atoms with E-state index >= 15 is 0 Å². The summed E-state index contributed by atoms with van der Waals surface area (Å²) < 4.78 is 5.71. The maximum Gasteiger partial charge on any atom is 0.241 e. The summed E-state index contributed by atoms with van der Waals surface area (Å²) in [5.41, 5.74) is 2.04. The zero-order chi connectivity index (χ0) is 15.8. The van der Waals surface area contributed by atoms with Crippen LogP contribution in [0.25, 0.3) is 0 Å². The fourth-order valence-corrected chi connectivity index (χ4v) is 2.00. The number of benzene rings is 2. The predicted octanol–water partition coefficient (Wildman–Crippen LogP) is 3.37. The van der Waals surface area contributed by atoms with Crippen LogP contribution in [-0.4, -0.2) is 37.6 Å². The monoisotopic (exact) mass is 334 g/mol. The molecule has 2 aromatic carbocycles. The second-order valence-corrected chi connectivity index (χ2v) is 5.15. The number of anilines is 1. The first kappa shape index (κ1) is 18.8. The molecule has 0 bridgehead atoms. The van der Waals surface area contributed by atoms with Crippen molar-refractivity contribution in [3.63, 3.8) is 0 Å². The molecule has 0 saturated heterocycles. The molecule has 23 heavy (non-hydrogen) atoms. The number of carbonyl (C=O) groups is 1. The van der Waals surface area contributed by atoms with E-state index in [-0.39, 0.29) is 24.9 Å². The van der Waals surface area contributed by atoms with E-state index in [1.807, 2.05) is 61.5 Å². The Morgan fingerprint density at radius 3 is 2.43 bits per heavy atom. The number of nitrogens with one attached hydrogen (secondary N) is 1. The molecule has 4 nitrogen and oxygen atoms in total. The molecule has 1 amide bonds.